The molecule has 1 fully saturated rings. The highest BCUT2D eigenvalue weighted by Crippen LogP contribution is 2.23. The average Bonchev–Trinajstić information content (AvgIpc) is 3.04. The third-order valence-electron chi connectivity index (χ3n) is 5.42. The van der Waals surface area contributed by atoms with Crippen LogP contribution in [0.3, 0.4) is 0 Å². The van der Waals surface area contributed by atoms with Crippen molar-refractivity contribution in [3.05, 3.63) is 54.6 Å². The Morgan fingerprint density at radius 2 is 1.47 bits per heavy atom. The summed E-state index contributed by atoms with van der Waals surface area (Å²) < 4.78 is 53.0. The van der Waals surface area contributed by atoms with Crippen LogP contribution in [-0.4, -0.2) is 52.4 Å². The predicted molar refractivity (Wildman–Crippen MR) is 126 cm³/mol. The van der Waals surface area contributed by atoms with Gasteiger partial charge in [-0.15, -0.1) is 0 Å². The van der Waals surface area contributed by atoms with Crippen molar-refractivity contribution in [1.29, 1.82) is 0 Å². The van der Waals surface area contributed by atoms with Crippen molar-refractivity contribution >= 4 is 37.3 Å². The van der Waals surface area contributed by atoms with Crippen molar-refractivity contribution < 1.29 is 21.6 Å². The molecule has 0 bridgehead atoms. The summed E-state index contributed by atoms with van der Waals surface area (Å²) in [5.74, 6) is -0.526. The maximum Gasteiger partial charge on any atom is 0.247 e. The fraction of sp³-hybridized carbons (Fsp3) is 0.409. The molecule has 0 spiro atoms. The number of hydrogen-bond donors (Lipinski definition) is 1. The molecule has 3 rings (SSSR count). The van der Waals surface area contributed by atoms with Crippen LogP contribution in [0.25, 0.3) is 0 Å². The number of amides is 1. The fourth-order valence-electron chi connectivity index (χ4n) is 3.77. The smallest absolute Gasteiger partial charge is 0.247 e. The first kappa shape index (κ1) is 24.2. The van der Waals surface area contributed by atoms with E-state index >= 15 is 0 Å². The van der Waals surface area contributed by atoms with Crippen LogP contribution in [0.1, 0.15) is 32.6 Å². The number of nitrogens with one attached hydrogen (secondary N) is 1. The summed E-state index contributed by atoms with van der Waals surface area (Å²) in [4.78, 5) is 13.0. The number of benzene rings is 2. The first-order valence-corrected chi connectivity index (χ1v) is 13.8. The Kier molecular flexibility index (Phi) is 7.58. The van der Waals surface area contributed by atoms with Gasteiger partial charge in [-0.1, -0.05) is 31.0 Å². The topological polar surface area (TPSA) is 104 Å². The van der Waals surface area contributed by atoms with Gasteiger partial charge in [0.05, 0.1) is 16.8 Å². The molecule has 10 heteroatoms. The Balaban J connectivity index is 1.75. The van der Waals surface area contributed by atoms with Gasteiger partial charge in [0.2, 0.25) is 26.0 Å². The van der Waals surface area contributed by atoms with Crippen LogP contribution in [0.15, 0.2) is 59.5 Å². The molecule has 1 heterocycles. The average molecular weight is 480 g/mol. The van der Waals surface area contributed by atoms with Gasteiger partial charge >= 0.3 is 0 Å². The van der Waals surface area contributed by atoms with Gasteiger partial charge in [-0.3, -0.25) is 9.10 Å². The van der Waals surface area contributed by atoms with E-state index in [0.29, 0.717) is 24.5 Å². The Hall–Kier alpha value is -2.43. The van der Waals surface area contributed by atoms with Crippen LogP contribution in [0.4, 0.5) is 11.4 Å². The van der Waals surface area contributed by atoms with Gasteiger partial charge < -0.3 is 5.32 Å². The number of carbonyl (C=O) groups is 1. The van der Waals surface area contributed by atoms with Crippen LogP contribution >= 0.6 is 0 Å². The molecule has 1 saturated heterocycles. The van der Waals surface area contributed by atoms with E-state index in [-0.39, 0.29) is 4.90 Å². The van der Waals surface area contributed by atoms with Crippen LogP contribution < -0.4 is 9.62 Å². The van der Waals surface area contributed by atoms with E-state index in [1.165, 1.54) is 35.5 Å². The van der Waals surface area contributed by atoms with Gasteiger partial charge in [0.25, 0.3) is 0 Å². The van der Waals surface area contributed by atoms with E-state index in [0.717, 1.165) is 36.2 Å². The van der Waals surface area contributed by atoms with E-state index in [2.05, 4.69) is 5.32 Å². The molecule has 1 amide bonds. The summed E-state index contributed by atoms with van der Waals surface area (Å²) in [6, 6.07) is 13.3. The standard InChI is InChI=1S/C22H29N3O5S2/c1-18(25(31(2,27)28)20-10-6-5-7-11-20)22(26)23-19-12-14-21(15-13-19)32(29,30)24-16-8-3-4-9-17-24/h5-7,10-15,18H,3-4,8-9,16-17H2,1-2H3,(H,23,26)/t18-/m1/s1. The zero-order valence-corrected chi connectivity index (χ0v) is 19.9. The van der Waals surface area contributed by atoms with Crippen molar-refractivity contribution in [2.45, 2.75) is 43.5 Å². The number of hydrogen-bond acceptors (Lipinski definition) is 5. The van der Waals surface area contributed by atoms with Gasteiger partial charge in [-0.25, -0.2) is 16.8 Å². The molecular formula is C22H29N3O5S2. The van der Waals surface area contributed by atoms with Crippen LogP contribution in [0.5, 0.6) is 0 Å². The number of nitrogens with zero attached hydrogens (tertiary/aromatic N) is 2. The predicted octanol–water partition coefficient (Wildman–Crippen LogP) is 3.04. The van der Waals surface area contributed by atoms with Crippen molar-refractivity contribution in [3.8, 4) is 0 Å². The molecule has 8 nitrogen and oxygen atoms in total. The maximum absolute atomic E-state index is 12.9. The third kappa shape index (κ3) is 5.67. The molecule has 0 aromatic heterocycles. The Labute approximate surface area is 190 Å². The highest BCUT2D eigenvalue weighted by atomic mass is 32.2. The molecule has 0 radical (unpaired) electrons. The molecule has 174 valence electrons. The highest BCUT2D eigenvalue weighted by molar-refractivity contribution is 7.92. The van der Waals surface area contributed by atoms with E-state index in [1.807, 2.05) is 0 Å². The molecule has 1 aliphatic rings. The van der Waals surface area contributed by atoms with E-state index in [1.54, 1.807) is 30.3 Å². The molecule has 0 unspecified atom stereocenters. The second kappa shape index (κ2) is 10.0. The lowest BCUT2D eigenvalue weighted by Crippen LogP contribution is -2.45. The van der Waals surface area contributed by atoms with Crippen molar-refractivity contribution in [2.24, 2.45) is 0 Å². The lowest BCUT2D eigenvalue weighted by Gasteiger charge is -2.28. The van der Waals surface area contributed by atoms with E-state index in [4.69, 9.17) is 0 Å². The SMILES string of the molecule is C[C@H](C(=O)Nc1ccc(S(=O)(=O)N2CCCCCC2)cc1)N(c1ccccc1)S(C)(=O)=O. The van der Waals surface area contributed by atoms with E-state index in [9.17, 15) is 21.6 Å². The minimum atomic E-state index is -3.71. The molecular weight excluding hydrogens is 450 g/mol. The van der Waals surface area contributed by atoms with Crippen LogP contribution in [0, 0.1) is 0 Å². The Morgan fingerprint density at radius 3 is 2.00 bits per heavy atom. The lowest BCUT2D eigenvalue weighted by atomic mass is 10.2. The number of rotatable bonds is 7. The maximum atomic E-state index is 12.9. The van der Waals surface area contributed by atoms with Crippen molar-refractivity contribution in [3.63, 3.8) is 0 Å². The molecule has 2 aromatic rings. The highest BCUT2D eigenvalue weighted by Gasteiger charge is 2.29. The van der Waals surface area contributed by atoms with Gasteiger partial charge in [0, 0.05) is 18.8 Å². The monoisotopic (exact) mass is 479 g/mol. The summed E-state index contributed by atoms with van der Waals surface area (Å²) in [5, 5.41) is 2.68. The second-order valence-electron chi connectivity index (χ2n) is 7.90. The second-order valence-corrected chi connectivity index (χ2v) is 11.7. The van der Waals surface area contributed by atoms with Crippen molar-refractivity contribution in [1.82, 2.24) is 4.31 Å². The van der Waals surface area contributed by atoms with Gasteiger partial charge in [-0.2, -0.15) is 4.31 Å². The first-order valence-electron chi connectivity index (χ1n) is 10.6. The normalized spacial score (nSPS) is 16.7. The van der Waals surface area contributed by atoms with Crippen molar-refractivity contribution in [2.75, 3.05) is 29.0 Å². The Morgan fingerprint density at radius 1 is 0.906 bits per heavy atom. The van der Waals surface area contributed by atoms with Gasteiger partial charge in [0.1, 0.15) is 6.04 Å². The number of sulfonamides is 2. The molecule has 1 aliphatic heterocycles. The van der Waals surface area contributed by atoms with Gasteiger partial charge in [-0.05, 0) is 56.2 Å². The molecule has 2 aromatic carbocycles. The zero-order chi connectivity index (χ0) is 23.4. The summed E-state index contributed by atoms with van der Waals surface area (Å²) >= 11 is 0. The van der Waals surface area contributed by atoms with E-state index < -0.39 is 32.0 Å². The third-order valence-corrected chi connectivity index (χ3v) is 8.58. The molecule has 32 heavy (non-hydrogen) atoms. The summed E-state index contributed by atoms with van der Waals surface area (Å²) in [7, 11) is -7.29. The molecule has 0 aliphatic carbocycles. The van der Waals surface area contributed by atoms with Crippen LogP contribution in [0.2, 0.25) is 0 Å². The Bertz CT molecular complexity index is 1130. The fourth-order valence-corrected chi connectivity index (χ4v) is 6.46. The molecule has 1 atom stereocenters. The number of carbonyl (C=O) groups excluding carboxylic acids is 1. The lowest BCUT2D eigenvalue weighted by molar-refractivity contribution is -0.116. The summed E-state index contributed by atoms with van der Waals surface area (Å²) in [6.45, 7) is 2.53. The van der Waals surface area contributed by atoms with Crippen LogP contribution in [-0.2, 0) is 24.8 Å². The first-order chi connectivity index (χ1) is 15.1. The molecule has 1 N–H and O–H groups in total. The number of anilines is 2. The minimum absolute atomic E-state index is 0.174. The largest absolute Gasteiger partial charge is 0.324 e. The number of para-hydroxylation sites is 1. The summed E-state index contributed by atoms with van der Waals surface area (Å²) in [6.07, 6.45) is 4.81. The quantitative estimate of drug-likeness (QED) is 0.657. The molecule has 0 saturated carbocycles. The summed E-state index contributed by atoms with van der Waals surface area (Å²) in [5.41, 5.74) is 0.773. The van der Waals surface area contributed by atoms with Gasteiger partial charge in [0.15, 0.2) is 0 Å². The minimum Gasteiger partial charge on any atom is -0.324 e. The zero-order valence-electron chi connectivity index (χ0n) is 18.3.